The van der Waals surface area contributed by atoms with Crippen molar-refractivity contribution in [1.82, 2.24) is 10.6 Å². The lowest BCUT2D eigenvalue weighted by Gasteiger charge is -2.11. The molecule has 1 rings (SSSR count). The third kappa shape index (κ3) is 4.51. The predicted molar refractivity (Wildman–Crippen MR) is 58.7 cm³/mol. The van der Waals surface area contributed by atoms with Crippen molar-refractivity contribution in [3.05, 3.63) is 12.2 Å². The fourth-order valence-electron chi connectivity index (χ4n) is 1.60. The van der Waals surface area contributed by atoms with Gasteiger partial charge in [0.25, 0.3) is 0 Å². The van der Waals surface area contributed by atoms with Gasteiger partial charge in [0.15, 0.2) is 0 Å². The predicted octanol–water partition coefficient (Wildman–Crippen LogP) is 2.02. The van der Waals surface area contributed by atoms with Gasteiger partial charge in [0.1, 0.15) is 0 Å². The number of alkyl halides is 1. The molecule has 3 nitrogen and oxygen atoms in total. The van der Waals surface area contributed by atoms with Crippen LogP contribution < -0.4 is 10.6 Å². The van der Waals surface area contributed by atoms with Crippen molar-refractivity contribution < 1.29 is 4.79 Å². The van der Waals surface area contributed by atoms with Crippen molar-refractivity contribution in [3.8, 4) is 0 Å². The highest BCUT2D eigenvalue weighted by molar-refractivity contribution is 6.18. The van der Waals surface area contributed by atoms with Crippen LogP contribution in [-0.2, 0) is 0 Å². The van der Waals surface area contributed by atoms with E-state index in [9.17, 15) is 4.79 Å². The van der Waals surface area contributed by atoms with Crippen molar-refractivity contribution in [2.24, 2.45) is 0 Å². The zero-order chi connectivity index (χ0) is 10.2. The van der Waals surface area contributed by atoms with E-state index in [0.29, 0.717) is 18.5 Å². The van der Waals surface area contributed by atoms with Crippen LogP contribution in [0.15, 0.2) is 12.2 Å². The molecule has 2 N–H and O–H groups in total. The number of carbonyl (C=O) groups excluding carboxylic acids is 1. The van der Waals surface area contributed by atoms with E-state index in [1.165, 1.54) is 12.8 Å². The Morgan fingerprint density at radius 3 is 2.71 bits per heavy atom. The summed E-state index contributed by atoms with van der Waals surface area (Å²) >= 11 is 5.44. The van der Waals surface area contributed by atoms with Crippen molar-refractivity contribution in [2.45, 2.75) is 31.7 Å². The van der Waals surface area contributed by atoms with Crippen LogP contribution in [0.2, 0.25) is 0 Å². The zero-order valence-electron chi connectivity index (χ0n) is 8.26. The molecule has 4 heteroatoms. The molecule has 0 unspecified atom stereocenters. The minimum Gasteiger partial charge on any atom is -0.335 e. The van der Waals surface area contributed by atoms with E-state index < -0.39 is 0 Å². The first-order chi connectivity index (χ1) is 6.83. The van der Waals surface area contributed by atoms with E-state index in [-0.39, 0.29) is 6.03 Å². The maximum absolute atomic E-state index is 11.3. The average molecular weight is 217 g/mol. The molecule has 0 radical (unpaired) electrons. The number of allylic oxidation sites excluding steroid dienone is 1. The first kappa shape index (κ1) is 11.4. The Hall–Kier alpha value is -0.700. The molecule has 14 heavy (non-hydrogen) atoms. The Bertz CT molecular complexity index is 200. The molecule has 0 saturated heterocycles. The number of rotatable bonds is 4. The normalized spacial score (nSPS) is 17.5. The Morgan fingerprint density at radius 1 is 1.36 bits per heavy atom. The van der Waals surface area contributed by atoms with Gasteiger partial charge in [-0.05, 0) is 12.8 Å². The Labute approximate surface area is 89.9 Å². The van der Waals surface area contributed by atoms with E-state index in [0.717, 1.165) is 12.8 Å². The van der Waals surface area contributed by atoms with Gasteiger partial charge in [-0.3, -0.25) is 0 Å². The molecule has 0 aromatic carbocycles. The lowest BCUT2D eigenvalue weighted by Crippen LogP contribution is -2.40. The van der Waals surface area contributed by atoms with Crippen molar-refractivity contribution in [1.29, 1.82) is 0 Å². The van der Waals surface area contributed by atoms with Crippen molar-refractivity contribution in [3.63, 3.8) is 0 Å². The van der Waals surface area contributed by atoms with E-state index in [4.69, 9.17) is 11.6 Å². The second-order valence-electron chi connectivity index (χ2n) is 3.46. The van der Waals surface area contributed by atoms with Crippen LogP contribution in [0.4, 0.5) is 4.79 Å². The third-order valence-corrected chi connectivity index (χ3v) is 2.50. The van der Waals surface area contributed by atoms with Gasteiger partial charge in [0, 0.05) is 18.5 Å². The molecule has 0 atom stereocenters. The van der Waals surface area contributed by atoms with Crippen molar-refractivity contribution >= 4 is 17.6 Å². The summed E-state index contributed by atoms with van der Waals surface area (Å²) in [5.74, 6) is 0.492. The second-order valence-corrected chi connectivity index (χ2v) is 3.77. The minimum atomic E-state index is -0.0730. The van der Waals surface area contributed by atoms with Gasteiger partial charge in [-0.25, -0.2) is 4.79 Å². The number of carbonyl (C=O) groups is 1. The standard InChI is InChI=1S/C10H17ClN2O/c11-7-3-4-8-12-10(14)13-9-5-1-2-6-9/h3-4,9H,1-2,5-8H2,(H2,12,13,14)/b4-3+. The SMILES string of the molecule is O=C(NC/C=C/CCl)NC1CCCC1. The molecule has 0 spiro atoms. The first-order valence-corrected chi connectivity index (χ1v) is 5.61. The summed E-state index contributed by atoms with van der Waals surface area (Å²) in [7, 11) is 0. The summed E-state index contributed by atoms with van der Waals surface area (Å²) in [5, 5.41) is 5.69. The fourth-order valence-corrected chi connectivity index (χ4v) is 1.73. The lowest BCUT2D eigenvalue weighted by atomic mass is 10.2. The molecular formula is C10H17ClN2O. The summed E-state index contributed by atoms with van der Waals surface area (Å²) in [6, 6.07) is 0.308. The zero-order valence-corrected chi connectivity index (χ0v) is 9.02. The maximum atomic E-state index is 11.3. The molecule has 2 amide bonds. The van der Waals surface area contributed by atoms with Crippen LogP contribution >= 0.6 is 11.6 Å². The number of urea groups is 1. The smallest absolute Gasteiger partial charge is 0.315 e. The quantitative estimate of drug-likeness (QED) is 0.548. The van der Waals surface area contributed by atoms with E-state index in [1.807, 2.05) is 12.2 Å². The molecule has 0 aromatic heterocycles. The van der Waals surface area contributed by atoms with Crippen LogP contribution in [-0.4, -0.2) is 24.5 Å². The van der Waals surface area contributed by atoms with E-state index in [2.05, 4.69) is 10.6 Å². The number of nitrogens with one attached hydrogen (secondary N) is 2. The first-order valence-electron chi connectivity index (χ1n) is 5.08. The van der Waals surface area contributed by atoms with Crippen LogP contribution in [0.25, 0.3) is 0 Å². The summed E-state index contributed by atoms with van der Waals surface area (Å²) in [4.78, 5) is 11.3. The molecule has 80 valence electrons. The summed E-state index contributed by atoms with van der Waals surface area (Å²) in [5.41, 5.74) is 0. The molecule has 0 aromatic rings. The third-order valence-electron chi connectivity index (χ3n) is 2.33. The highest BCUT2D eigenvalue weighted by Crippen LogP contribution is 2.17. The van der Waals surface area contributed by atoms with Gasteiger partial charge >= 0.3 is 6.03 Å². The second kappa shape index (κ2) is 6.71. The number of amides is 2. The summed E-state index contributed by atoms with van der Waals surface area (Å²) in [6.07, 6.45) is 8.36. The monoisotopic (exact) mass is 216 g/mol. The highest BCUT2D eigenvalue weighted by atomic mass is 35.5. The Morgan fingerprint density at radius 2 is 2.07 bits per heavy atom. The summed E-state index contributed by atoms with van der Waals surface area (Å²) in [6.45, 7) is 0.547. The highest BCUT2D eigenvalue weighted by Gasteiger charge is 2.16. The molecule has 1 fully saturated rings. The van der Waals surface area contributed by atoms with Gasteiger partial charge in [0.05, 0.1) is 0 Å². The topological polar surface area (TPSA) is 41.1 Å². The molecule has 0 bridgehead atoms. The van der Waals surface area contributed by atoms with Gasteiger partial charge in [0.2, 0.25) is 0 Å². The van der Waals surface area contributed by atoms with E-state index >= 15 is 0 Å². The fraction of sp³-hybridized carbons (Fsp3) is 0.700. The van der Waals surface area contributed by atoms with Crippen molar-refractivity contribution in [2.75, 3.05) is 12.4 Å². The van der Waals surface area contributed by atoms with Crippen LogP contribution in [0.1, 0.15) is 25.7 Å². The van der Waals surface area contributed by atoms with Gasteiger partial charge in [-0.2, -0.15) is 0 Å². The molecular weight excluding hydrogens is 200 g/mol. The number of hydrogen-bond donors (Lipinski definition) is 2. The Kier molecular flexibility index (Phi) is 5.45. The molecule has 1 aliphatic rings. The Balaban J connectivity index is 2.06. The molecule has 0 heterocycles. The molecule has 0 aliphatic heterocycles. The largest absolute Gasteiger partial charge is 0.335 e. The summed E-state index contributed by atoms with van der Waals surface area (Å²) < 4.78 is 0. The van der Waals surface area contributed by atoms with Crippen LogP contribution in [0.3, 0.4) is 0 Å². The lowest BCUT2D eigenvalue weighted by molar-refractivity contribution is 0.238. The van der Waals surface area contributed by atoms with Gasteiger partial charge in [-0.15, -0.1) is 11.6 Å². The minimum absolute atomic E-state index is 0.0730. The number of hydrogen-bond acceptors (Lipinski definition) is 1. The molecule has 1 aliphatic carbocycles. The van der Waals surface area contributed by atoms with Crippen LogP contribution in [0, 0.1) is 0 Å². The average Bonchev–Trinajstić information content (AvgIpc) is 2.65. The van der Waals surface area contributed by atoms with Gasteiger partial charge in [-0.1, -0.05) is 25.0 Å². The van der Waals surface area contributed by atoms with Gasteiger partial charge < -0.3 is 10.6 Å². The van der Waals surface area contributed by atoms with Crippen LogP contribution in [0.5, 0.6) is 0 Å². The number of halogens is 1. The molecule has 1 saturated carbocycles. The maximum Gasteiger partial charge on any atom is 0.315 e. The van der Waals surface area contributed by atoms with E-state index in [1.54, 1.807) is 0 Å².